The van der Waals surface area contributed by atoms with Crippen LogP contribution in [0.1, 0.15) is 24.3 Å². The lowest BCUT2D eigenvalue weighted by Crippen LogP contribution is -2.44. The molecule has 110 valence electrons. The molecule has 0 fully saturated rings. The fourth-order valence-corrected chi connectivity index (χ4v) is 2.11. The lowest BCUT2D eigenvalue weighted by molar-refractivity contribution is -0.140. The van der Waals surface area contributed by atoms with E-state index in [1.165, 1.54) is 0 Å². The standard InChI is InChI=1S/C15H15ClN2O3/c1-8(2)13(15(20)21)18-14(19)11-6-4-9-3-5-10(16)7-12(9)17-11/h3-8,13H,1-2H3,(H,18,19)(H,20,21)/t13-/m1/s1. The number of hydrogen-bond acceptors (Lipinski definition) is 3. The zero-order valence-electron chi connectivity index (χ0n) is 11.6. The molecule has 0 bridgehead atoms. The average molecular weight is 307 g/mol. The second kappa shape index (κ2) is 6.10. The second-order valence-corrected chi connectivity index (χ2v) is 5.50. The van der Waals surface area contributed by atoms with Crippen LogP contribution >= 0.6 is 11.6 Å². The highest BCUT2D eigenvalue weighted by Crippen LogP contribution is 2.18. The van der Waals surface area contributed by atoms with Crippen molar-refractivity contribution in [2.24, 2.45) is 5.92 Å². The maximum atomic E-state index is 12.1. The molecule has 0 unspecified atom stereocenters. The Morgan fingerprint density at radius 3 is 2.52 bits per heavy atom. The van der Waals surface area contributed by atoms with E-state index in [0.29, 0.717) is 10.5 Å². The molecule has 0 saturated heterocycles. The first-order valence-electron chi connectivity index (χ1n) is 6.48. The average Bonchev–Trinajstić information content (AvgIpc) is 2.42. The molecule has 5 nitrogen and oxygen atoms in total. The number of halogens is 1. The molecule has 21 heavy (non-hydrogen) atoms. The Hall–Kier alpha value is -2.14. The van der Waals surface area contributed by atoms with Gasteiger partial charge in [-0.2, -0.15) is 0 Å². The van der Waals surface area contributed by atoms with Crippen molar-refractivity contribution in [3.63, 3.8) is 0 Å². The summed E-state index contributed by atoms with van der Waals surface area (Å²) in [7, 11) is 0. The zero-order chi connectivity index (χ0) is 15.6. The molecule has 1 aromatic carbocycles. The van der Waals surface area contributed by atoms with Crippen molar-refractivity contribution >= 4 is 34.4 Å². The first kappa shape index (κ1) is 15.3. The molecular formula is C15H15ClN2O3. The molecule has 0 spiro atoms. The molecule has 1 amide bonds. The minimum absolute atomic E-state index is 0.164. The highest BCUT2D eigenvalue weighted by Gasteiger charge is 2.24. The summed E-state index contributed by atoms with van der Waals surface area (Å²) in [6.45, 7) is 3.46. The maximum absolute atomic E-state index is 12.1. The third-order valence-corrected chi connectivity index (χ3v) is 3.34. The normalized spacial score (nSPS) is 12.4. The van der Waals surface area contributed by atoms with Gasteiger partial charge in [-0.15, -0.1) is 0 Å². The zero-order valence-corrected chi connectivity index (χ0v) is 12.4. The van der Waals surface area contributed by atoms with E-state index in [4.69, 9.17) is 16.7 Å². The molecule has 0 saturated carbocycles. The van der Waals surface area contributed by atoms with Crippen molar-refractivity contribution in [1.29, 1.82) is 0 Å². The number of aromatic nitrogens is 1. The summed E-state index contributed by atoms with van der Waals surface area (Å²) < 4.78 is 0. The number of nitrogens with one attached hydrogen (secondary N) is 1. The number of nitrogens with zero attached hydrogens (tertiary/aromatic N) is 1. The van der Waals surface area contributed by atoms with Crippen LogP contribution in [-0.2, 0) is 4.79 Å². The van der Waals surface area contributed by atoms with E-state index in [0.717, 1.165) is 5.39 Å². The van der Waals surface area contributed by atoms with Gasteiger partial charge in [0.2, 0.25) is 0 Å². The molecule has 1 aromatic heterocycles. The van der Waals surface area contributed by atoms with Gasteiger partial charge in [0.15, 0.2) is 0 Å². The largest absolute Gasteiger partial charge is 0.480 e. The Kier molecular flexibility index (Phi) is 4.43. The topological polar surface area (TPSA) is 79.3 Å². The van der Waals surface area contributed by atoms with Crippen LogP contribution in [0.3, 0.4) is 0 Å². The first-order chi connectivity index (χ1) is 9.88. The Balaban J connectivity index is 2.28. The van der Waals surface area contributed by atoms with Gasteiger partial charge in [0.05, 0.1) is 5.52 Å². The number of rotatable bonds is 4. The summed E-state index contributed by atoms with van der Waals surface area (Å²) in [6, 6.07) is 7.56. The summed E-state index contributed by atoms with van der Waals surface area (Å²) in [6.07, 6.45) is 0. The molecule has 0 radical (unpaired) electrons. The Labute approximate surface area is 126 Å². The third-order valence-electron chi connectivity index (χ3n) is 3.11. The predicted molar refractivity (Wildman–Crippen MR) is 80.5 cm³/mol. The summed E-state index contributed by atoms with van der Waals surface area (Å²) in [5.74, 6) is -1.80. The van der Waals surface area contributed by atoms with Crippen LogP contribution in [0.4, 0.5) is 0 Å². The van der Waals surface area contributed by atoms with Gasteiger partial charge in [-0.3, -0.25) is 4.79 Å². The number of carbonyl (C=O) groups excluding carboxylic acids is 1. The van der Waals surface area contributed by atoms with Gasteiger partial charge in [-0.1, -0.05) is 37.6 Å². The molecule has 6 heteroatoms. The van der Waals surface area contributed by atoms with Gasteiger partial charge >= 0.3 is 5.97 Å². The number of hydrogen-bond donors (Lipinski definition) is 2. The highest BCUT2D eigenvalue weighted by atomic mass is 35.5. The summed E-state index contributed by atoms with van der Waals surface area (Å²) >= 11 is 5.90. The van der Waals surface area contributed by atoms with Crippen LogP contribution in [0.5, 0.6) is 0 Å². The van der Waals surface area contributed by atoms with E-state index in [2.05, 4.69) is 10.3 Å². The molecule has 2 aromatic rings. The van der Waals surface area contributed by atoms with Gasteiger partial charge < -0.3 is 10.4 Å². The van der Waals surface area contributed by atoms with Crippen molar-refractivity contribution in [3.8, 4) is 0 Å². The summed E-state index contributed by atoms with van der Waals surface area (Å²) in [4.78, 5) is 27.5. The van der Waals surface area contributed by atoms with E-state index in [1.807, 2.05) is 0 Å². The molecular weight excluding hydrogens is 292 g/mol. The SMILES string of the molecule is CC(C)[C@@H](NC(=O)c1ccc2ccc(Cl)cc2n1)C(=O)O. The number of carbonyl (C=O) groups is 2. The van der Waals surface area contributed by atoms with E-state index in [-0.39, 0.29) is 11.6 Å². The smallest absolute Gasteiger partial charge is 0.326 e. The van der Waals surface area contributed by atoms with Crippen LogP contribution in [0.25, 0.3) is 10.9 Å². The lowest BCUT2D eigenvalue weighted by Gasteiger charge is -2.17. The quantitative estimate of drug-likeness (QED) is 0.910. The Morgan fingerprint density at radius 1 is 1.24 bits per heavy atom. The first-order valence-corrected chi connectivity index (χ1v) is 6.86. The lowest BCUT2D eigenvalue weighted by atomic mass is 10.0. The maximum Gasteiger partial charge on any atom is 0.326 e. The summed E-state index contributed by atoms with van der Waals surface area (Å²) in [5.41, 5.74) is 0.753. The number of pyridine rings is 1. The molecule has 0 aliphatic heterocycles. The van der Waals surface area contributed by atoms with Crippen LogP contribution in [-0.4, -0.2) is 28.0 Å². The number of aliphatic carboxylic acids is 1. The predicted octanol–water partition coefficient (Wildman–Crippen LogP) is 2.73. The van der Waals surface area contributed by atoms with Crippen LogP contribution < -0.4 is 5.32 Å². The molecule has 2 rings (SSSR count). The highest BCUT2D eigenvalue weighted by molar-refractivity contribution is 6.31. The van der Waals surface area contributed by atoms with E-state index >= 15 is 0 Å². The van der Waals surface area contributed by atoms with Crippen molar-refractivity contribution in [1.82, 2.24) is 10.3 Å². The molecule has 0 aliphatic carbocycles. The van der Waals surface area contributed by atoms with Crippen LogP contribution in [0.15, 0.2) is 30.3 Å². The van der Waals surface area contributed by atoms with Crippen molar-refractivity contribution in [3.05, 3.63) is 41.0 Å². The van der Waals surface area contributed by atoms with Crippen molar-refractivity contribution < 1.29 is 14.7 Å². The van der Waals surface area contributed by atoms with Crippen molar-refractivity contribution in [2.45, 2.75) is 19.9 Å². The number of carboxylic acids is 1. The minimum Gasteiger partial charge on any atom is -0.480 e. The van der Waals surface area contributed by atoms with Gasteiger partial charge in [0.1, 0.15) is 11.7 Å². The second-order valence-electron chi connectivity index (χ2n) is 5.07. The fraction of sp³-hybridized carbons (Fsp3) is 0.267. The number of carboxylic acid groups (broad SMARTS) is 1. The van der Waals surface area contributed by atoms with Gasteiger partial charge in [-0.25, -0.2) is 9.78 Å². The van der Waals surface area contributed by atoms with E-state index in [9.17, 15) is 9.59 Å². The Morgan fingerprint density at radius 2 is 1.90 bits per heavy atom. The number of benzene rings is 1. The molecule has 0 aliphatic rings. The molecule has 2 N–H and O–H groups in total. The molecule has 1 heterocycles. The third kappa shape index (κ3) is 3.49. The number of fused-ring (bicyclic) bond motifs is 1. The molecule has 1 atom stereocenters. The minimum atomic E-state index is -1.07. The van der Waals surface area contributed by atoms with E-state index in [1.54, 1.807) is 44.2 Å². The summed E-state index contributed by atoms with van der Waals surface area (Å²) in [5, 5.41) is 13.0. The number of amides is 1. The van der Waals surface area contributed by atoms with E-state index < -0.39 is 17.9 Å². The fourth-order valence-electron chi connectivity index (χ4n) is 1.95. The van der Waals surface area contributed by atoms with Crippen LogP contribution in [0, 0.1) is 5.92 Å². The van der Waals surface area contributed by atoms with Crippen LogP contribution in [0.2, 0.25) is 5.02 Å². The Bertz CT molecular complexity index is 700. The van der Waals surface area contributed by atoms with Gasteiger partial charge in [0.25, 0.3) is 5.91 Å². The monoisotopic (exact) mass is 306 g/mol. The van der Waals surface area contributed by atoms with Crippen molar-refractivity contribution in [2.75, 3.05) is 0 Å². The van der Waals surface area contributed by atoms with Gasteiger partial charge in [0, 0.05) is 10.4 Å². The van der Waals surface area contributed by atoms with Gasteiger partial charge in [-0.05, 0) is 24.1 Å².